The average molecular weight is 417 g/mol. The van der Waals surface area contributed by atoms with Crippen LogP contribution in [0.15, 0.2) is 30.3 Å². The minimum absolute atomic E-state index is 0.0424. The molecule has 1 fully saturated rings. The Bertz CT molecular complexity index is 695. The molecule has 0 aliphatic carbocycles. The fourth-order valence-corrected chi connectivity index (χ4v) is 3.72. The molecular weight excluding hydrogens is 380 g/mol. The monoisotopic (exact) mass is 416 g/mol. The molecule has 0 unspecified atom stereocenters. The second-order valence-corrected chi connectivity index (χ2v) is 7.97. The van der Waals surface area contributed by atoms with Crippen LogP contribution in [0.4, 0.5) is 0 Å². The number of rotatable bonds is 11. The second-order valence-electron chi connectivity index (χ2n) is 7.97. The highest BCUT2D eigenvalue weighted by Gasteiger charge is 2.34. The van der Waals surface area contributed by atoms with Crippen molar-refractivity contribution in [3.8, 4) is 0 Å². The Hall–Kier alpha value is -2.41. The van der Waals surface area contributed by atoms with E-state index in [0.717, 1.165) is 32.1 Å². The summed E-state index contributed by atoms with van der Waals surface area (Å²) in [4.78, 5) is 39.9. The number of hydrogen-bond acceptors (Lipinski definition) is 4. The lowest BCUT2D eigenvalue weighted by molar-refractivity contribution is -0.137. The Morgan fingerprint density at radius 3 is 2.57 bits per heavy atom. The first-order valence-electron chi connectivity index (χ1n) is 11.1. The molecule has 1 aromatic rings. The van der Waals surface area contributed by atoms with E-state index in [-0.39, 0.29) is 29.8 Å². The van der Waals surface area contributed by atoms with Crippen LogP contribution in [-0.4, -0.2) is 60.9 Å². The summed E-state index contributed by atoms with van der Waals surface area (Å²) in [6.45, 7) is 4.97. The first-order chi connectivity index (χ1) is 14.5. The molecule has 0 spiro atoms. The van der Waals surface area contributed by atoms with Gasteiger partial charge in [0.2, 0.25) is 11.8 Å². The largest absolute Gasteiger partial charge is 0.350 e. The van der Waals surface area contributed by atoms with E-state index in [1.807, 2.05) is 23.1 Å². The van der Waals surface area contributed by atoms with Gasteiger partial charge in [0.1, 0.15) is 6.04 Å². The van der Waals surface area contributed by atoms with Crippen molar-refractivity contribution in [1.29, 1.82) is 0 Å². The summed E-state index contributed by atoms with van der Waals surface area (Å²) in [7, 11) is 1.73. The SMILES string of the molecule is CCCCC[C@H](NC(=O)[C@H](C)NC)C(=O)N1CCC[C@H]1CNC(=O)c1ccccc1. The third-order valence-electron chi connectivity index (χ3n) is 5.73. The molecular formula is C23H36N4O3. The number of benzene rings is 1. The van der Waals surface area contributed by atoms with Gasteiger partial charge in [0.15, 0.2) is 0 Å². The molecule has 1 aromatic carbocycles. The van der Waals surface area contributed by atoms with Gasteiger partial charge in [-0.15, -0.1) is 0 Å². The number of hydrogen-bond donors (Lipinski definition) is 3. The molecule has 1 aliphatic rings. The predicted octanol–water partition coefficient (Wildman–Crippen LogP) is 2.08. The van der Waals surface area contributed by atoms with Crippen LogP contribution in [0.2, 0.25) is 0 Å². The number of carbonyl (C=O) groups is 3. The van der Waals surface area contributed by atoms with E-state index in [9.17, 15) is 14.4 Å². The summed E-state index contributed by atoms with van der Waals surface area (Å²) in [6.07, 6.45) is 5.36. The predicted molar refractivity (Wildman–Crippen MR) is 118 cm³/mol. The summed E-state index contributed by atoms with van der Waals surface area (Å²) < 4.78 is 0. The number of unbranched alkanes of at least 4 members (excludes halogenated alkanes) is 2. The topological polar surface area (TPSA) is 90.5 Å². The molecule has 3 atom stereocenters. The normalized spacial score (nSPS) is 18.0. The van der Waals surface area contributed by atoms with Crippen molar-refractivity contribution in [3.63, 3.8) is 0 Å². The van der Waals surface area contributed by atoms with E-state index in [0.29, 0.717) is 25.1 Å². The van der Waals surface area contributed by atoms with Gasteiger partial charge in [-0.1, -0.05) is 44.4 Å². The standard InChI is InChI=1S/C23H36N4O3/c1-4-5-7-14-20(26-21(28)17(2)24-3)23(30)27-15-10-13-19(27)16-25-22(29)18-11-8-6-9-12-18/h6,8-9,11-12,17,19-20,24H,4-5,7,10,13-16H2,1-3H3,(H,25,29)(H,26,28)/t17-,19-,20-/m0/s1. The molecule has 3 N–H and O–H groups in total. The first-order valence-corrected chi connectivity index (χ1v) is 11.1. The highest BCUT2D eigenvalue weighted by Crippen LogP contribution is 2.19. The maximum absolute atomic E-state index is 13.3. The van der Waals surface area contributed by atoms with Crippen LogP contribution in [0.5, 0.6) is 0 Å². The van der Waals surface area contributed by atoms with Gasteiger partial charge in [-0.05, 0) is 45.4 Å². The highest BCUT2D eigenvalue weighted by atomic mass is 16.2. The Kier molecular flexibility index (Phi) is 9.80. The van der Waals surface area contributed by atoms with Crippen LogP contribution in [-0.2, 0) is 9.59 Å². The average Bonchev–Trinajstić information content (AvgIpc) is 3.24. The maximum Gasteiger partial charge on any atom is 0.251 e. The highest BCUT2D eigenvalue weighted by molar-refractivity contribution is 5.94. The van der Waals surface area contributed by atoms with E-state index in [1.54, 1.807) is 26.1 Å². The number of likely N-dealkylation sites (tertiary alicyclic amines) is 1. The molecule has 0 aromatic heterocycles. The molecule has 1 saturated heterocycles. The van der Waals surface area contributed by atoms with E-state index in [1.165, 1.54) is 0 Å². The summed E-state index contributed by atoms with van der Waals surface area (Å²) in [5, 5.41) is 8.81. The third kappa shape index (κ3) is 6.83. The van der Waals surface area contributed by atoms with Gasteiger partial charge in [0.25, 0.3) is 5.91 Å². The van der Waals surface area contributed by atoms with Gasteiger partial charge < -0.3 is 20.9 Å². The fraction of sp³-hybridized carbons (Fsp3) is 0.609. The zero-order chi connectivity index (χ0) is 21.9. The van der Waals surface area contributed by atoms with Crippen molar-refractivity contribution >= 4 is 17.7 Å². The molecule has 7 nitrogen and oxygen atoms in total. The zero-order valence-corrected chi connectivity index (χ0v) is 18.4. The first kappa shape index (κ1) is 23.9. The van der Waals surface area contributed by atoms with E-state index in [2.05, 4.69) is 22.9 Å². The molecule has 30 heavy (non-hydrogen) atoms. The lowest BCUT2D eigenvalue weighted by Crippen LogP contribution is -2.54. The second kappa shape index (κ2) is 12.3. The lowest BCUT2D eigenvalue weighted by atomic mass is 10.1. The van der Waals surface area contributed by atoms with Crippen molar-refractivity contribution < 1.29 is 14.4 Å². The molecule has 1 aliphatic heterocycles. The van der Waals surface area contributed by atoms with Crippen molar-refractivity contribution in [2.75, 3.05) is 20.1 Å². The Morgan fingerprint density at radius 1 is 1.17 bits per heavy atom. The molecule has 1 heterocycles. The van der Waals surface area contributed by atoms with Crippen molar-refractivity contribution in [2.45, 2.75) is 70.5 Å². The number of amides is 3. The minimum atomic E-state index is -0.523. The van der Waals surface area contributed by atoms with Crippen LogP contribution in [0.25, 0.3) is 0 Å². The number of likely N-dealkylation sites (N-methyl/N-ethyl adjacent to an activating group) is 1. The zero-order valence-electron chi connectivity index (χ0n) is 18.4. The van der Waals surface area contributed by atoms with Crippen LogP contribution < -0.4 is 16.0 Å². The maximum atomic E-state index is 13.3. The summed E-state index contributed by atoms with van der Waals surface area (Å²) in [5.41, 5.74) is 0.610. The Balaban J connectivity index is 1.99. The van der Waals surface area contributed by atoms with Crippen molar-refractivity contribution in [1.82, 2.24) is 20.9 Å². The van der Waals surface area contributed by atoms with Crippen LogP contribution in [0.3, 0.4) is 0 Å². The third-order valence-corrected chi connectivity index (χ3v) is 5.73. The molecule has 7 heteroatoms. The molecule has 0 bridgehead atoms. The quantitative estimate of drug-likeness (QED) is 0.482. The van der Waals surface area contributed by atoms with E-state index < -0.39 is 6.04 Å². The molecule has 3 amide bonds. The smallest absolute Gasteiger partial charge is 0.251 e. The molecule has 2 rings (SSSR count). The number of carbonyl (C=O) groups excluding carboxylic acids is 3. The summed E-state index contributed by atoms with van der Waals surface area (Å²) in [6, 6.07) is 8.15. The van der Waals surface area contributed by atoms with Crippen molar-refractivity contribution in [2.24, 2.45) is 0 Å². The molecule has 166 valence electrons. The van der Waals surface area contributed by atoms with Gasteiger partial charge in [-0.25, -0.2) is 0 Å². The Labute approximate surface area is 180 Å². The van der Waals surface area contributed by atoms with Crippen LogP contribution >= 0.6 is 0 Å². The minimum Gasteiger partial charge on any atom is -0.350 e. The number of nitrogens with zero attached hydrogens (tertiary/aromatic N) is 1. The van der Waals surface area contributed by atoms with E-state index in [4.69, 9.17) is 0 Å². The Morgan fingerprint density at radius 2 is 1.90 bits per heavy atom. The van der Waals surface area contributed by atoms with Crippen LogP contribution in [0.1, 0.15) is 62.7 Å². The summed E-state index contributed by atoms with van der Waals surface area (Å²) in [5.74, 6) is -0.342. The van der Waals surface area contributed by atoms with Crippen LogP contribution in [0, 0.1) is 0 Å². The van der Waals surface area contributed by atoms with Gasteiger partial charge in [-0.2, -0.15) is 0 Å². The molecule has 0 radical (unpaired) electrons. The lowest BCUT2D eigenvalue weighted by Gasteiger charge is -2.30. The fourth-order valence-electron chi connectivity index (χ4n) is 3.72. The molecule has 0 saturated carbocycles. The summed E-state index contributed by atoms with van der Waals surface area (Å²) >= 11 is 0. The van der Waals surface area contributed by atoms with E-state index >= 15 is 0 Å². The van der Waals surface area contributed by atoms with Gasteiger partial charge in [0.05, 0.1) is 6.04 Å². The van der Waals surface area contributed by atoms with Gasteiger partial charge in [0, 0.05) is 24.7 Å². The van der Waals surface area contributed by atoms with Gasteiger partial charge >= 0.3 is 0 Å². The van der Waals surface area contributed by atoms with Crippen molar-refractivity contribution in [3.05, 3.63) is 35.9 Å². The number of nitrogens with one attached hydrogen (secondary N) is 3. The van der Waals surface area contributed by atoms with Gasteiger partial charge in [-0.3, -0.25) is 14.4 Å².